The fraction of sp³-hybridized carbons (Fsp3) is 0.600. The van der Waals surface area contributed by atoms with Crippen molar-refractivity contribution >= 4 is 0 Å². The molecule has 1 atom stereocenters. The molecular weight excluding hydrogens is 331 g/mol. The van der Waals surface area contributed by atoms with E-state index in [1.54, 1.807) is 12.1 Å². The summed E-state index contributed by atoms with van der Waals surface area (Å²) in [6.45, 7) is 11.2. The lowest BCUT2D eigenvalue weighted by molar-refractivity contribution is 0.125. The molecule has 1 saturated heterocycles. The minimum Gasteiger partial charge on any atom is -0.338 e. The molecule has 1 unspecified atom stereocenters. The number of hydrogen-bond donors (Lipinski definition) is 0. The van der Waals surface area contributed by atoms with Gasteiger partial charge in [-0.1, -0.05) is 38.1 Å². The van der Waals surface area contributed by atoms with Crippen LogP contribution in [0.25, 0.3) is 0 Å². The number of aromatic nitrogens is 2. The second-order valence-corrected chi connectivity index (χ2v) is 7.45. The topological polar surface area (TPSA) is 45.4 Å². The van der Waals surface area contributed by atoms with Crippen molar-refractivity contribution in [2.45, 2.75) is 52.7 Å². The van der Waals surface area contributed by atoms with Crippen LogP contribution < -0.4 is 0 Å². The fourth-order valence-electron chi connectivity index (χ4n) is 3.62. The van der Waals surface area contributed by atoms with E-state index in [-0.39, 0.29) is 5.82 Å². The Bertz CT molecular complexity index is 685. The van der Waals surface area contributed by atoms with Crippen molar-refractivity contribution in [2.24, 2.45) is 5.92 Å². The Hall–Kier alpha value is -1.79. The van der Waals surface area contributed by atoms with Crippen LogP contribution in [0.3, 0.4) is 0 Å². The van der Waals surface area contributed by atoms with Crippen molar-refractivity contribution in [3.05, 3.63) is 47.4 Å². The quantitative estimate of drug-likeness (QED) is 0.789. The van der Waals surface area contributed by atoms with Crippen LogP contribution in [0.2, 0.25) is 0 Å². The van der Waals surface area contributed by atoms with Crippen LogP contribution in [0.5, 0.6) is 0 Å². The molecule has 5 nitrogen and oxygen atoms in total. The number of halogens is 1. The minimum atomic E-state index is -0.179. The van der Waals surface area contributed by atoms with Gasteiger partial charge in [-0.15, -0.1) is 0 Å². The van der Waals surface area contributed by atoms with Crippen LogP contribution in [0, 0.1) is 11.7 Å². The van der Waals surface area contributed by atoms with Crippen LogP contribution in [-0.2, 0) is 19.5 Å². The maximum absolute atomic E-state index is 13.2. The fourth-order valence-corrected chi connectivity index (χ4v) is 3.62. The summed E-state index contributed by atoms with van der Waals surface area (Å²) >= 11 is 0. The molecule has 1 fully saturated rings. The van der Waals surface area contributed by atoms with E-state index in [0.717, 1.165) is 50.4 Å². The molecule has 6 heteroatoms. The number of rotatable bonds is 6. The number of hydrogen-bond acceptors (Lipinski definition) is 5. The van der Waals surface area contributed by atoms with Crippen LogP contribution in [0.1, 0.15) is 44.5 Å². The lowest BCUT2D eigenvalue weighted by Crippen LogP contribution is -2.43. The summed E-state index contributed by atoms with van der Waals surface area (Å²) in [5, 5.41) is 4.00. The second kappa shape index (κ2) is 8.73. The predicted molar refractivity (Wildman–Crippen MR) is 99.0 cm³/mol. The third-order valence-corrected chi connectivity index (χ3v) is 5.09. The van der Waals surface area contributed by atoms with E-state index in [1.807, 2.05) is 19.1 Å². The van der Waals surface area contributed by atoms with Crippen molar-refractivity contribution in [1.82, 2.24) is 19.9 Å². The SMILES string of the molecule is CCc1noc(CN2CCCN(Cc3ccc(F)cc3)C(C(C)C)C2)n1. The van der Waals surface area contributed by atoms with Gasteiger partial charge in [0.2, 0.25) is 5.89 Å². The van der Waals surface area contributed by atoms with Gasteiger partial charge in [-0.05, 0) is 36.6 Å². The minimum absolute atomic E-state index is 0.179. The Labute approximate surface area is 155 Å². The van der Waals surface area contributed by atoms with Crippen molar-refractivity contribution in [3.63, 3.8) is 0 Å². The summed E-state index contributed by atoms with van der Waals surface area (Å²) in [5.41, 5.74) is 1.16. The van der Waals surface area contributed by atoms with Gasteiger partial charge in [-0.2, -0.15) is 4.98 Å². The van der Waals surface area contributed by atoms with Gasteiger partial charge in [0, 0.05) is 32.1 Å². The molecule has 0 spiro atoms. The van der Waals surface area contributed by atoms with E-state index in [4.69, 9.17) is 4.52 Å². The van der Waals surface area contributed by atoms with E-state index < -0.39 is 0 Å². The molecule has 1 aromatic heterocycles. The van der Waals surface area contributed by atoms with E-state index >= 15 is 0 Å². The summed E-state index contributed by atoms with van der Waals surface area (Å²) in [6.07, 6.45) is 1.89. The Morgan fingerprint density at radius 1 is 1.19 bits per heavy atom. The van der Waals surface area contributed by atoms with Crippen LogP contribution >= 0.6 is 0 Å². The average Bonchev–Trinajstić information content (AvgIpc) is 2.98. The highest BCUT2D eigenvalue weighted by molar-refractivity contribution is 5.16. The van der Waals surface area contributed by atoms with Crippen molar-refractivity contribution in [1.29, 1.82) is 0 Å². The molecule has 2 aromatic rings. The van der Waals surface area contributed by atoms with Gasteiger partial charge in [0.15, 0.2) is 5.82 Å². The lowest BCUT2D eigenvalue weighted by atomic mass is 10.0. The Kier molecular flexibility index (Phi) is 6.38. The molecule has 1 aromatic carbocycles. The van der Waals surface area contributed by atoms with Gasteiger partial charge in [0.1, 0.15) is 5.82 Å². The third kappa shape index (κ3) is 4.89. The largest absolute Gasteiger partial charge is 0.338 e. The Morgan fingerprint density at radius 2 is 1.96 bits per heavy atom. The summed E-state index contributed by atoms with van der Waals surface area (Å²) in [6, 6.07) is 7.31. The Balaban J connectivity index is 1.67. The first kappa shape index (κ1) is 19.0. The lowest BCUT2D eigenvalue weighted by Gasteiger charge is -2.34. The molecule has 1 aliphatic rings. The summed E-state index contributed by atoms with van der Waals surface area (Å²) in [4.78, 5) is 9.40. The molecule has 3 rings (SSSR count). The van der Waals surface area contributed by atoms with Crippen molar-refractivity contribution in [3.8, 4) is 0 Å². The summed E-state index contributed by atoms with van der Waals surface area (Å²) in [7, 11) is 0. The first-order chi connectivity index (χ1) is 12.5. The maximum atomic E-state index is 13.2. The molecule has 1 aliphatic heterocycles. The second-order valence-electron chi connectivity index (χ2n) is 7.45. The van der Waals surface area contributed by atoms with E-state index in [0.29, 0.717) is 24.4 Å². The number of aryl methyl sites for hydroxylation is 1. The zero-order valence-electron chi connectivity index (χ0n) is 16.0. The highest BCUT2D eigenvalue weighted by Gasteiger charge is 2.28. The zero-order chi connectivity index (χ0) is 18.5. The highest BCUT2D eigenvalue weighted by atomic mass is 19.1. The molecule has 0 bridgehead atoms. The molecule has 26 heavy (non-hydrogen) atoms. The van der Waals surface area contributed by atoms with Crippen LogP contribution in [0.4, 0.5) is 4.39 Å². The van der Waals surface area contributed by atoms with Gasteiger partial charge in [-0.25, -0.2) is 4.39 Å². The molecule has 2 heterocycles. The van der Waals surface area contributed by atoms with Gasteiger partial charge >= 0.3 is 0 Å². The molecule has 0 N–H and O–H groups in total. The number of benzene rings is 1. The van der Waals surface area contributed by atoms with Gasteiger partial charge < -0.3 is 4.52 Å². The van der Waals surface area contributed by atoms with Crippen molar-refractivity contribution in [2.75, 3.05) is 19.6 Å². The smallest absolute Gasteiger partial charge is 0.240 e. The Morgan fingerprint density at radius 3 is 2.62 bits per heavy atom. The molecule has 0 saturated carbocycles. The molecule has 0 aliphatic carbocycles. The number of nitrogens with zero attached hydrogens (tertiary/aromatic N) is 4. The average molecular weight is 360 g/mol. The summed E-state index contributed by atoms with van der Waals surface area (Å²) in [5.74, 6) is 1.83. The van der Waals surface area contributed by atoms with Crippen molar-refractivity contribution < 1.29 is 8.91 Å². The first-order valence-corrected chi connectivity index (χ1v) is 9.57. The zero-order valence-corrected chi connectivity index (χ0v) is 16.0. The van der Waals surface area contributed by atoms with E-state index in [1.165, 1.54) is 0 Å². The van der Waals surface area contributed by atoms with Crippen LogP contribution in [0.15, 0.2) is 28.8 Å². The molecular formula is C20H29FN4O. The molecule has 0 radical (unpaired) electrons. The van der Waals surface area contributed by atoms with Gasteiger partial charge in [0.25, 0.3) is 0 Å². The standard InChI is InChI=1S/C20H29FN4O/c1-4-19-22-20(26-23-19)14-24-10-5-11-25(18(13-24)15(2)3)12-16-6-8-17(21)9-7-16/h6-9,15,18H,4-5,10-14H2,1-3H3. The summed E-state index contributed by atoms with van der Waals surface area (Å²) < 4.78 is 18.6. The molecule has 0 amide bonds. The first-order valence-electron chi connectivity index (χ1n) is 9.57. The monoisotopic (exact) mass is 360 g/mol. The van der Waals surface area contributed by atoms with Crippen LogP contribution in [-0.4, -0.2) is 45.6 Å². The van der Waals surface area contributed by atoms with E-state index in [9.17, 15) is 4.39 Å². The normalized spacial score (nSPS) is 19.8. The van der Waals surface area contributed by atoms with Gasteiger partial charge in [-0.3, -0.25) is 9.80 Å². The van der Waals surface area contributed by atoms with E-state index in [2.05, 4.69) is 33.8 Å². The maximum Gasteiger partial charge on any atom is 0.240 e. The molecule has 142 valence electrons. The predicted octanol–water partition coefficient (Wildman–Crippen LogP) is 3.50. The highest BCUT2D eigenvalue weighted by Crippen LogP contribution is 2.21. The van der Waals surface area contributed by atoms with Gasteiger partial charge in [0.05, 0.1) is 6.54 Å². The third-order valence-electron chi connectivity index (χ3n) is 5.09.